The lowest BCUT2D eigenvalue weighted by molar-refractivity contribution is -0.122. The lowest BCUT2D eigenvalue weighted by atomic mass is 10.1. The zero-order chi connectivity index (χ0) is 15.9. The summed E-state index contributed by atoms with van der Waals surface area (Å²) in [6.45, 7) is 3.17. The lowest BCUT2D eigenvalue weighted by Crippen LogP contribution is -2.33. The molecule has 0 aromatic heterocycles. The molecule has 2 rings (SSSR count). The summed E-state index contributed by atoms with van der Waals surface area (Å²) in [5.74, 6) is 0.626. The number of aryl methyl sites for hydroxylation is 1. The Hall–Kier alpha value is -1.79. The molecule has 1 fully saturated rings. The average molecular weight is 320 g/mol. The van der Waals surface area contributed by atoms with Gasteiger partial charge in [0.25, 0.3) is 11.1 Å². The van der Waals surface area contributed by atoms with Crippen molar-refractivity contribution >= 4 is 22.9 Å². The van der Waals surface area contributed by atoms with E-state index in [1.807, 2.05) is 37.3 Å². The molecule has 1 aliphatic heterocycles. The Balaban J connectivity index is 1.89. The minimum Gasteiger partial charge on any atom is -0.494 e. The highest BCUT2D eigenvalue weighted by Crippen LogP contribution is 2.30. The van der Waals surface area contributed by atoms with Crippen LogP contribution >= 0.6 is 11.8 Å². The van der Waals surface area contributed by atoms with Gasteiger partial charge in [-0.15, -0.1) is 0 Å². The Morgan fingerprint density at radius 1 is 1.27 bits per heavy atom. The van der Waals surface area contributed by atoms with Crippen molar-refractivity contribution in [2.75, 3.05) is 19.7 Å². The number of hydrogen-bond donors (Lipinski definition) is 1. The second kappa shape index (κ2) is 8.00. The third-order valence-electron chi connectivity index (χ3n) is 3.22. The van der Waals surface area contributed by atoms with Crippen LogP contribution in [0.15, 0.2) is 35.2 Å². The van der Waals surface area contributed by atoms with Crippen molar-refractivity contribution in [2.45, 2.75) is 19.8 Å². The summed E-state index contributed by atoms with van der Waals surface area (Å²) in [5.41, 5.74) is 6.57. The molecule has 0 spiro atoms. The summed E-state index contributed by atoms with van der Waals surface area (Å²) >= 11 is 0.989. The summed E-state index contributed by atoms with van der Waals surface area (Å²) in [6, 6.07) is 7.90. The van der Waals surface area contributed by atoms with Crippen LogP contribution in [0.1, 0.15) is 18.9 Å². The third-order valence-corrected chi connectivity index (χ3v) is 4.18. The van der Waals surface area contributed by atoms with Crippen LogP contribution in [0.5, 0.6) is 5.75 Å². The molecule has 1 heterocycles. The van der Waals surface area contributed by atoms with E-state index in [2.05, 4.69) is 0 Å². The fraction of sp³-hybridized carbons (Fsp3) is 0.375. The number of allylic oxidation sites excluding steroid dienone is 1. The first kappa shape index (κ1) is 16.6. The van der Waals surface area contributed by atoms with Gasteiger partial charge in [0, 0.05) is 13.1 Å². The molecule has 0 aliphatic carbocycles. The van der Waals surface area contributed by atoms with Crippen molar-refractivity contribution < 1.29 is 14.3 Å². The molecule has 0 atom stereocenters. The molecular formula is C16H20N2O3S. The van der Waals surface area contributed by atoms with Crippen LogP contribution in [-0.4, -0.2) is 35.7 Å². The quantitative estimate of drug-likeness (QED) is 0.782. The Labute approximate surface area is 134 Å². The number of carbonyl (C=O) groups excluding carboxylic acids is 2. The van der Waals surface area contributed by atoms with E-state index in [0.717, 1.165) is 23.9 Å². The van der Waals surface area contributed by atoms with Crippen molar-refractivity contribution in [3.8, 4) is 5.75 Å². The molecular weight excluding hydrogens is 300 g/mol. The molecule has 118 valence electrons. The predicted molar refractivity (Wildman–Crippen MR) is 87.8 cm³/mol. The van der Waals surface area contributed by atoms with Gasteiger partial charge in [-0.1, -0.05) is 18.2 Å². The summed E-state index contributed by atoms with van der Waals surface area (Å²) < 4.78 is 5.39. The van der Waals surface area contributed by atoms with Crippen LogP contribution in [0.2, 0.25) is 0 Å². The highest BCUT2D eigenvalue weighted by Gasteiger charge is 2.33. The first-order valence-electron chi connectivity index (χ1n) is 7.31. The fourth-order valence-electron chi connectivity index (χ4n) is 2.15. The number of carbonyl (C=O) groups is 2. The van der Waals surface area contributed by atoms with E-state index in [4.69, 9.17) is 10.5 Å². The lowest BCUT2D eigenvalue weighted by Gasteiger charge is -2.09. The molecule has 2 amide bonds. The highest BCUT2D eigenvalue weighted by molar-refractivity contribution is 8.18. The maximum atomic E-state index is 12.0. The molecule has 0 bridgehead atoms. The van der Waals surface area contributed by atoms with Gasteiger partial charge in [-0.2, -0.15) is 0 Å². The maximum absolute atomic E-state index is 12.0. The van der Waals surface area contributed by atoms with Gasteiger partial charge in [0.05, 0.1) is 11.5 Å². The van der Waals surface area contributed by atoms with Crippen LogP contribution in [0.25, 0.3) is 0 Å². The van der Waals surface area contributed by atoms with Crippen LogP contribution in [0, 0.1) is 0 Å². The van der Waals surface area contributed by atoms with E-state index in [9.17, 15) is 9.59 Å². The Morgan fingerprint density at radius 2 is 2.00 bits per heavy atom. The molecule has 1 aliphatic rings. The topological polar surface area (TPSA) is 72.6 Å². The number of thioether (sulfide) groups is 1. The smallest absolute Gasteiger partial charge is 0.293 e. The van der Waals surface area contributed by atoms with Gasteiger partial charge in [-0.25, -0.2) is 0 Å². The summed E-state index contributed by atoms with van der Waals surface area (Å²) in [4.78, 5) is 25.4. The van der Waals surface area contributed by atoms with E-state index in [-0.39, 0.29) is 24.2 Å². The number of nitrogens with zero attached hydrogens (tertiary/aromatic N) is 1. The van der Waals surface area contributed by atoms with E-state index in [1.54, 1.807) is 0 Å². The second-order valence-electron chi connectivity index (χ2n) is 4.80. The normalized spacial score (nSPS) is 16.6. The summed E-state index contributed by atoms with van der Waals surface area (Å²) in [7, 11) is 0. The van der Waals surface area contributed by atoms with E-state index >= 15 is 0 Å². The molecule has 5 nitrogen and oxygen atoms in total. The SMILES string of the molecule is CCOc1ccc(CC/C=C2/SC(=O)N(CCN)C2=O)cc1. The molecule has 0 saturated carbocycles. The van der Waals surface area contributed by atoms with E-state index < -0.39 is 0 Å². The minimum absolute atomic E-state index is 0.229. The van der Waals surface area contributed by atoms with Gasteiger partial charge in [-0.3, -0.25) is 14.5 Å². The minimum atomic E-state index is -0.234. The van der Waals surface area contributed by atoms with Gasteiger partial charge in [0.1, 0.15) is 5.75 Å². The fourth-order valence-corrected chi connectivity index (χ4v) is 3.02. The Bertz CT molecular complexity index is 569. The molecule has 22 heavy (non-hydrogen) atoms. The molecule has 6 heteroatoms. The van der Waals surface area contributed by atoms with Crippen molar-refractivity contribution in [1.29, 1.82) is 0 Å². The Kier molecular flexibility index (Phi) is 6.03. The summed E-state index contributed by atoms with van der Waals surface area (Å²) in [6.07, 6.45) is 3.36. The molecule has 0 radical (unpaired) electrons. The maximum Gasteiger partial charge on any atom is 0.293 e. The number of hydrogen-bond acceptors (Lipinski definition) is 5. The molecule has 1 aromatic rings. The zero-order valence-electron chi connectivity index (χ0n) is 12.6. The predicted octanol–water partition coefficient (Wildman–Crippen LogP) is 2.56. The number of benzene rings is 1. The average Bonchev–Trinajstić information content (AvgIpc) is 2.77. The molecule has 0 unspecified atom stereocenters. The molecule has 1 aromatic carbocycles. The highest BCUT2D eigenvalue weighted by atomic mass is 32.2. The van der Waals surface area contributed by atoms with Gasteiger partial charge < -0.3 is 10.5 Å². The number of nitrogens with two attached hydrogens (primary N) is 1. The van der Waals surface area contributed by atoms with Crippen molar-refractivity contribution in [2.24, 2.45) is 5.73 Å². The van der Waals surface area contributed by atoms with Gasteiger partial charge in [-0.05, 0) is 49.2 Å². The van der Waals surface area contributed by atoms with Gasteiger partial charge >= 0.3 is 0 Å². The van der Waals surface area contributed by atoms with E-state index in [0.29, 0.717) is 17.9 Å². The number of imide groups is 1. The van der Waals surface area contributed by atoms with Crippen LogP contribution in [0.4, 0.5) is 4.79 Å². The monoisotopic (exact) mass is 320 g/mol. The van der Waals surface area contributed by atoms with Crippen molar-refractivity contribution in [3.63, 3.8) is 0 Å². The summed E-state index contributed by atoms with van der Waals surface area (Å²) in [5, 5.41) is -0.234. The van der Waals surface area contributed by atoms with E-state index in [1.165, 1.54) is 10.5 Å². The molecule has 1 saturated heterocycles. The largest absolute Gasteiger partial charge is 0.494 e. The first-order valence-corrected chi connectivity index (χ1v) is 8.13. The Morgan fingerprint density at radius 3 is 2.64 bits per heavy atom. The molecule has 2 N–H and O–H groups in total. The zero-order valence-corrected chi connectivity index (χ0v) is 13.4. The first-order chi connectivity index (χ1) is 10.7. The van der Waals surface area contributed by atoms with Crippen LogP contribution in [-0.2, 0) is 11.2 Å². The van der Waals surface area contributed by atoms with Gasteiger partial charge in [0.15, 0.2) is 0 Å². The second-order valence-corrected chi connectivity index (χ2v) is 5.79. The number of rotatable bonds is 7. The standard InChI is InChI=1S/C16H20N2O3S/c1-2-21-13-8-6-12(7-9-13)4-3-5-14-15(19)18(11-10-17)16(20)22-14/h5-9H,2-4,10-11,17H2,1H3/b14-5+. The van der Waals surface area contributed by atoms with Crippen molar-refractivity contribution in [3.05, 3.63) is 40.8 Å². The number of ether oxygens (including phenoxy) is 1. The van der Waals surface area contributed by atoms with Crippen molar-refractivity contribution in [1.82, 2.24) is 4.90 Å². The van der Waals surface area contributed by atoms with Crippen LogP contribution < -0.4 is 10.5 Å². The van der Waals surface area contributed by atoms with Gasteiger partial charge in [0.2, 0.25) is 0 Å². The number of amides is 2. The van der Waals surface area contributed by atoms with Crippen LogP contribution in [0.3, 0.4) is 0 Å². The third kappa shape index (κ3) is 4.11.